The van der Waals surface area contributed by atoms with E-state index in [4.69, 9.17) is 0 Å². The van der Waals surface area contributed by atoms with Crippen molar-refractivity contribution in [2.24, 2.45) is 5.92 Å². The molecule has 1 amide bonds. The number of thiophene rings is 1. The third-order valence-electron chi connectivity index (χ3n) is 4.75. The zero-order valence-electron chi connectivity index (χ0n) is 15.1. The summed E-state index contributed by atoms with van der Waals surface area (Å²) in [6, 6.07) is 12.2. The number of nitrogens with zero attached hydrogens (tertiary/aromatic N) is 2. The van der Waals surface area contributed by atoms with Crippen LogP contribution in [0.15, 0.2) is 45.1 Å². The number of hydrogen-bond donors (Lipinski definition) is 1. The lowest BCUT2D eigenvalue weighted by atomic mass is 9.97. The number of sulfonamides is 1. The van der Waals surface area contributed by atoms with Crippen molar-refractivity contribution >= 4 is 43.2 Å². The summed E-state index contributed by atoms with van der Waals surface area (Å²) >= 11 is 5.07. The molecule has 28 heavy (non-hydrogen) atoms. The van der Waals surface area contributed by atoms with E-state index in [2.05, 4.69) is 21.2 Å². The number of nitriles is 1. The molecule has 6 nitrogen and oxygen atoms in total. The Morgan fingerprint density at radius 3 is 2.61 bits per heavy atom. The van der Waals surface area contributed by atoms with Gasteiger partial charge in [-0.2, -0.15) is 9.57 Å². The highest BCUT2D eigenvalue weighted by atomic mass is 79.9. The highest BCUT2D eigenvalue weighted by Gasteiger charge is 2.33. The van der Waals surface area contributed by atoms with Crippen molar-refractivity contribution in [2.75, 3.05) is 19.6 Å². The van der Waals surface area contributed by atoms with Crippen molar-refractivity contribution in [2.45, 2.75) is 24.2 Å². The van der Waals surface area contributed by atoms with Crippen LogP contribution in [-0.2, 0) is 21.2 Å². The smallest absolute Gasteiger partial charge is 0.244 e. The third-order valence-corrected chi connectivity index (χ3v) is 8.39. The zero-order valence-corrected chi connectivity index (χ0v) is 18.3. The number of halogens is 1. The molecular weight excluding hydrogens is 462 g/mol. The number of carbonyl (C=O) groups is 1. The summed E-state index contributed by atoms with van der Waals surface area (Å²) in [7, 11) is -3.73. The maximum absolute atomic E-state index is 12.8. The van der Waals surface area contributed by atoms with Crippen LogP contribution >= 0.6 is 27.3 Å². The second-order valence-corrected chi connectivity index (χ2v) is 11.0. The Balaban J connectivity index is 1.53. The van der Waals surface area contributed by atoms with Gasteiger partial charge in [-0.1, -0.05) is 12.1 Å². The average Bonchev–Trinajstić information content (AvgIpc) is 3.13. The molecule has 1 aliphatic heterocycles. The highest BCUT2D eigenvalue weighted by Crippen LogP contribution is 2.26. The van der Waals surface area contributed by atoms with E-state index in [1.165, 1.54) is 21.3 Å². The molecule has 1 aromatic carbocycles. The maximum Gasteiger partial charge on any atom is 0.244 e. The number of piperidine rings is 1. The van der Waals surface area contributed by atoms with Crippen LogP contribution in [0.4, 0.5) is 0 Å². The molecule has 0 unspecified atom stereocenters. The van der Waals surface area contributed by atoms with Crippen molar-refractivity contribution in [3.05, 3.63) is 50.6 Å². The van der Waals surface area contributed by atoms with Gasteiger partial charge in [0.15, 0.2) is 0 Å². The second-order valence-electron chi connectivity index (χ2n) is 6.53. The summed E-state index contributed by atoms with van der Waals surface area (Å²) < 4.78 is 28.1. The fourth-order valence-electron chi connectivity index (χ4n) is 3.22. The molecule has 1 aliphatic rings. The van der Waals surface area contributed by atoms with E-state index in [1.807, 2.05) is 18.2 Å². The standard InChI is InChI=1S/C19H20BrN3O3S2/c20-18-6-5-16(27-18)7-10-22-19(24)14-8-11-23(12-9-14)28(25,26)17-4-2-1-3-15(17)13-21/h1-6,14H,7-12H2,(H,22,24). The van der Waals surface area contributed by atoms with Crippen LogP contribution in [0, 0.1) is 17.2 Å². The van der Waals surface area contributed by atoms with Crippen LogP contribution in [0.1, 0.15) is 23.3 Å². The predicted molar refractivity (Wildman–Crippen MR) is 111 cm³/mol. The summed E-state index contributed by atoms with van der Waals surface area (Å²) in [6.45, 7) is 1.12. The summed E-state index contributed by atoms with van der Waals surface area (Å²) in [4.78, 5) is 13.6. The molecule has 9 heteroatoms. The minimum atomic E-state index is -3.73. The van der Waals surface area contributed by atoms with Crippen LogP contribution in [0.2, 0.25) is 0 Å². The van der Waals surface area contributed by atoms with E-state index in [0.29, 0.717) is 19.4 Å². The van der Waals surface area contributed by atoms with Crippen molar-refractivity contribution in [3.63, 3.8) is 0 Å². The zero-order chi connectivity index (χ0) is 20.1. The quantitative estimate of drug-likeness (QED) is 0.685. The second kappa shape index (κ2) is 9.18. The number of benzene rings is 1. The first-order chi connectivity index (χ1) is 13.4. The van der Waals surface area contributed by atoms with E-state index in [1.54, 1.807) is 23.5 Å². The third kappa shape index (κ3) is 4.81. The molecule has 1 aromatic heterocycles. The van der Waals surface area contributed by atoms with Gasteiger partial charge in [0.05, 0.1) is 14.2 Å². The van der Waals surface area contributed by atoms with E-state index >= 15 is 0 Å². The largest absolute Gasteiger partial charge is 0.355 e. The first-order valence-electron chi connectivity index (χ1n) is 8.93. The predicted octanol–water partition coefficient (Wildman–Crippen LogP) is 3.14. The Morgan fingerprint density at radius 2 is 1.96 bits per heavy atom. The number of nitrogens with one attached hydrogen (secondary N) is 1. The molecule has 1 fully saturated rings. The SMILES string of the molecule is N#Cc1ccccc1S(=O)(=O)N1CCC(C(=O)NCCc2ccc(Br)s2)CC1. The van der Waals surface area contributed by atoms with E-state index < -0.39 is 10.0 Å². The molecular formula is C19H20BrN3O3S2. The lowest BCUT2D eigenvalue weighted by Crippen LogP contribution is -2.43. The van der Waals surface area contributed by atoms with Gasteiger partial charge in [0.25, 0.3) is 0 Å². The molecule has 0 atom stereocenters. The van der Waals surface area contributed by atoms with Gasteiger partial charge in [-0.05, 0) is 59.5 Å². The van der Waals surface area contributed by atoms with Gasteiger partial charge < -0.3 is 5.32 Å². The normalized spacial score (nSPS) is 15.9. The molecule has 2 heterocycles. The van der Waals surface area contributed by atoms with Crippen LogP contribution in [0.5, 0.6) is 0 Å². The first-order valence-corrected chi connectivity index (χ1v) is 12.0. The van der Waals surface area contributed by atoms with Gasteiger partial charge >= 0.3 is 0 Å². The number of amides is 1. The number of rotatable bonds is 6. The van der Waals surface area contributed by atoms with Crippen LogP contribution in [0.3, 0.4) is 0 Å². The van der Waals surface area contributed by atoms with E-state index in [0.717, 1.165) is 10.2 Å². The molecule has 148 valence electrons. The summed E-state index contributed by atoms with van der Waals surface area (Å²) in [5.74, 6) is -0.210. The summed E-state index contributed by atoms with van der Waals surface area (Å²) in [6.07, 6.45) is 1.73. The lowest BCUT2D eigenvalue weighted by molar-refractivity contribution is -0.126. The highest BCUT2D eigenvalue weighted by molar-refractivity contribution is 9.11. The minimum absolute atomic E-state index is 0.0231. The van der Waals surface area contributed by atoms with Crippen molar-refractivity contribution in [1.82, 2.24) is 9.62 Å². The fraction of sp³-hybridized carbons (Fsp3) is 0.368. The van der Waals surface area contributed by atoms with E-state index in [-0.39, 0.29) is 35.4 Å². The topological polar surface area (TPSA) is 90.3 Å². The molecule has 0 aliphatic carbocycles. The summed E-state index contributed by atoms with van der Waals surface area (Å²) in [5.41, 5.74) is 0.141. The minimum Gasteiger partial charge on any atom is -0.355 e. The Labute approximate surface area is 177 Å². The Bertz CT molecular complexity index is 990. The molecule has 3 rings (SSSR count). The van der Waals surface area contributed by atoms with Gasteiger partial charge in [0.2, 0.25) is 15.9 Å². The number of carbonyl (C=O) groups excluding carboxylic acids is 1. The molecule has 2 aromatic rings. The molecule has 0 bridgehead atoms. The Hall–Kier alpha value is -1.73. The Kier molecular flexibility index (Phi) is 6.88. The van der Waals surface area contributed by atoms with Crippen molar-refractivity contribution in [1.29, 1.82) is 5.26 Å². The van der Waals surface area contributed by atoms with Crippen molar-refractivity contribution in [3.8, 4) is 6.07 Å². The molecule has 0 saturated carbocycles. The van der Waals surface area contributed by atoms with Gasteiger partial charge in [-0.25, -0.2) is 8.42 Å². The lowest BCUT2D eigenvalue weighted by Gasteiger charge is -2.30. The molecule has 0 spiro atoms. The van der Waals surface area contributed by atoms with Gasteiger partial charge in [0, 0.05) is 30.4 Å². The number of hydrogen-bond acceptors (Lipinski definition) is 5. The first kappa shape index (κ1) is 21.0. The maximum atomic E-state index is 12.8. The molecule has 1 N–H and O–H groups in total. The molecule has 0 radical (unpaired) electrons. The van der Waals surface area contributed by atoms with Gasteiger partial charge in [-0.15, -0.1) is 11.3 Å². The van der Waals surface area contributed by atoms with Crippen LogP contribution < -0.4 is 5.32 Å². The van der Waals surface area contributed by atoms with Gasteiger partial charge in [0.1, 0.15) is 6.07 Å². The monoisotopic (exact) mass is 481 g/mol. The van der Waals surface area contributed by atoms with Gasteiger partial charge in [-0.3, -0.25) is 4.79 Å². The van der Waals surface area contributed by atoms with Crippen LogP contribution in [-0.4, -0.2) is 38.3 Å². The fourth-order valence-corrected chi connectivity index (χ4v) is 6.32. The van der Waals surface area contributed by atoms with Crippen molar-refractivity contribution < 1.29 is 13.2 Å². The Morgan fingerprint density at radius 1 is 1.25 bits per heavy atom. The van der Waals surface area contributed by atoms with E-state index in [9.17, 15) is 18.5 Å². The van der Waals surface area contributed by atoms with Crippen LogP contribution in [0.25, 0.3) is 0 Å². The molecule has 1 saturated heterocycles. The summed E-state index contributed by atoms with van der Waals surface area (Å²) in [5, 5.41) is 12.1. The average molecular weight is 482 g/mol.